The summed E-state index contributed by atoms with van der Waals surface area (Å²) in [5.41, 5.74) is 1.25. The summed E-state index contributed by atoms with van der Waals surface area (Å²) in [4.78, 5) is 34.3. The number of halogens is 1. The van der Waals surface area contributed by atoms with Gasteiger partial charge in [-0.3, -0.25) is 18.9 Å². The number of fused-ring (bicyclic) bond motifs is 2. The predicted octanol–water partition coefficient (Wildman–Crippen LogP) is 3.00. The third kappa shape index (κ3) is 8.54. The third-order valence-electron chi connectivity index (χ3n) is 12.2. The molecule has 0 spiro atoms. The first-order chi connectivity index (χ1) is 23.1. The molecule has 3 aliphatic carbocycles. The molecule has 11 nitrogen and oxygen atoms in total. The van der Waals surface area contributed by atoms with Gasteiger partial charge in [0.15, 0.2) is 0 Å². The fourth-order valence-electron chi connectivity index (χ4n) is 9.53. The summed E-state index contributed by atoms with van der Waals surface area (Å²) in [6.07, 6.45) is 10.6. The number of carbonyl (C=O) groups excluding carboxylic acids is 1. The Morgan fingerprint density at radius 1 is 1.18 bits per heavy atom. The van der Waals surface area contributed by atoms with E-state index in [1.165, 1.54) is 0 Å². The number of aliphatic hydroxyl groups is 1. The molecule has 8 unspecified atom stereocenters. The second-order valence-electron chi connectivity index (χ2n) is 16.0. The fraction of sp³-hybridized carbons (Fsp3) is 0.857. The molecule has 49 heavy (non-hydrogen) atoms. The molecule has 276 valence electrons. The fourth-order valence-corrected chi connectivity index (χ4v) is 12.2. The normalized spacial score (nSPS) is 38.2. The highest BCUT2D eigenvalue weighted by molar-refractivity contribution is 8.00. The van der Waals surface area contributed by atoms with Gasteiger partial charge in [0.2, 0.25) is 15.9 Å². The number of nitrogens with one attached hydrogen (secondary N) is 2. The molecule has 0 radical (unpaired) electrons. The molecule has 1 amide bonds. The highest BCUT2D eigenvalue weighted by Gasteiger charge is 2.52. The van der Waals surface area contributed by atoms with Crippen LogP contribution in [0.2, 0.25) is 0 Å². The van der Waals surface area contributed by atoms with Crippen LogP contribution in [0.4, 0.5) is 0 Å². The lowest BCUT2D eigenvalue weighted by atomic mass is 9.70. The molecular weight excluding hydrogens is 686 g/mol. The minimum atomic E-state index is -3.63. The Labute approximate surface area is 301 Å². The largest absolute Gasteiger partial charge is 0.390 e. The van der Waals surface area contributed by atoms with Gasteiger partial charge in [-0.05, 0) is 110 Å². The van der Waals surface area contributed by atoms with Crippen LogP contribution in [0.5, 0.6) is 0 Å². The molecule has 9 atom stereocenters. The van der Waals surface area contributed by atoms with E-state index in [0.717, 1.165) is 87.5 Å². The zero-order valence-corrected chi connectivity index (χ0v) is 32.1. The summed E-state index contributed by atoms with van der Waals surface area (Å²) in [6, 6.07) is 0.771. The van der Waals surface area contributed by atoms with Crippen molar-refractivity contribution >= 4 is 39.3 Å². The molecule has 14 heteroatoms. The van der Waals surface area contributed by atoms with Crippen molar-refractivity contribution in [3.05, 3.63) is 27.4 Å². The van der Waals surface area contributed by atoms with E-state index in [1.54, 1.807) is 16.3 Å². The van der Waals surface area contributed by atoms with E-state index in [4.69, 9.17) is 21.3 Å². The second-order valence-corrected chi connectivity index (χ2v) is 19.5. The van der Waals surface area contributed by atoms with Crippen molar-refractivity contribution in [1.29, 1.82) is 0 Å². The van der Waals surface area contributed by atoms with E-state index in [1.807, 2.05) is 13.8 Å². The van der Waals surface area contributed by atoms with E-state index in [9.17, 15) is 23.1 Å². The van der Waals surface area contributed by atoms with Crippen LogP contribution in [-0.4, -0.2) is 106 Å². The molecule has 6 rings (SSSR count). The Morgan fingerprint density at radius 2 is 1.92 bits per heavy atom. The Hall–Kier alpha value is -1.22. The average molecular weight is 742 g/mol. The molecule has 2 saturated heterocycles. The first-order valence-electron chi connectivity index (χ1n) is 18.3. The smallest absolute Gasteiger partial charge is 0.257 e. The van der Waals surface area contributed by atoms with Gasteiger partial charge in [-0.15, -0.1) is 11.6 Å². The number of ether oxygens (including phenoxy) is 1. The highest BCUT2D eigenvalue weighted by Crippen LogP contribution is 2.48. The van der Waals surface area contributed by atoms with Crippen molar-refractivity contribution in [2.75, 3.05) is 25.7 Å². The Balaban J connectivity index is 1.11. The zero-order valence-electron chi connectivity index (χ0n) is 29.7. The lowest BCUT2D eigenvalue weighted by Crippen LogP contribution is -2.58. The SMILES string of the molecule is Cc1nc2c(c(=O)n1CCOC1CCC(Cl)CC1C1CC(C)NC3C(C(=O)NS(C)(=O)=O)CSC13)C[C@@H](N(C)C1CCC(C)(O)CC1)CC2. The van der Waals surface area contributed by atoms with Gasteiger partial charge in [0.05, 0.1) is 42.7 Å². The van der Waals surface area contributed by atoms with Gasteiger partial charge in [-0.1, -0.05) is 0 Å². The maximum absolute atomic E-state index is 14.0. The summed E-state index contributed by atoms with van der Waals surface area (Å²) < 4.78 is 34.3. The number of carbonyl (C=O) groups is 1. The molecule has 3 N–H and O–H groups in total. The van der Waals surface area contributed by atoms with E-state index in [2.05, 4.69) is 28.9 Å². The maximum Gasteiger partial charge on any atom is 0.257 e. The predicted molar refractivity (Wildman–Crippen MR) is 194 cm³/mol. The van der Waals surface area contributed by atoms with Gasteiger partial charge in [0, 0.05) is 46.1 Å². The molecular formula is C35H56ClN5O6S2. The van der Waals surface area contributed by atoms with E-state index < -0.39 is 27.4 Å². The summed E-state index contributed by atoms with van der Waals surface area (Å²) >= 11 is 8.54. The average Bonchev–Trinajstić information content (AvgIpc) is 3.45. The van der Waals surface area contributed by atoms with Crippen molar-refractivity contribution in [2.45, 2.75) is 144 Å². The Morgan fingerprint density at radius 3 is 2.63 bits per heavy atom. The topological polar surface area (TPSA) is 143 Å². The Kier molecular flexibility index (Phi) is 11.5. The van der Waals surface area contributed by atoms with Crippen molar-refractivity contribution in [3.63, 3.8) is 0 Å². The van der Waals surface area contributed by atoms with E-state index >= 15 is 0 Å². The van der Waals surface area contributed by atoms with Crippen molar-refractivity contribution in [2.24, 2.45) is 17.8 Å². The second kappa shape index (κ2) is 15.0. The number of hydrogen-bond donors (Lipinski definition) is 3. The molecule has 1 aromatic heterocycles. The number of aryl methyl sites for hydroxylation is 2. The Bertz CT molecular complexity index is 1530. The molecule has 2 aliphatic heterocycles. The van der Waals surface area contributed by atoms with Crippen LogP contribution in [0, 0.1) is 24.7 Å². The number of thioether (sulfide) groups is 1. The van der Waals surface area contributed by atoms with Crippen LogP contribution < -0.4 is 15.6 Å². The number of sulfonamides is 1. The minimum Gasteiger partial charge on any atom is -0.390 e. The number of nitrogens with zero attached hydrogens (tertiary/aromatic N) is 3. The number of aromatic nitrogens is 2. The molecule has 4 fully saturated rings. The first-order valence-corrected chi connectivity index (χ1v) is 21.7. The summed E-state index contributed by atoms with van der Waals surface area (Å²) in [7, 11) is -1.45. The van der Waals surface area contributed by atoms with Crippen LogP contribution in [-0.2, 0) is 38.9 Å². The molecule has 5 aliphatic rings. The van der Waals surface area contributed by atoms with Crippen molar-refractivity contribution in [3.8, 4) is 0 Å². The first kappa shape index (κ1) is 37.5. The molecule has 1 aromatic rings. The standard InChI is InChI=1S/C35H56ClN5O6S2/c1-20-16-26(32-31(37-20)28(19-48-32)33(42)39-49(5,45)46)25-17-22(36)6-9-30(25)47-15-14-41-21(2)38-29-8-7-24(18-27(29)34(41)43)40(4)23-10-12-35(3,44)13-11-23/h20,22-26,28,30-32,37,44H,6-19H2,1-5H3,(H,39,42)/t20?,22?,23?,24-,25?,26?,28?,30?,31?,32?,35?/m0/s1. The minimum absolute atomic E-state index is 0.00802. The van der Waals surface area contributed by atoms with Crippen LogP contribution in [0.1, 0.15) is 88.7 Å². The van der Waals surface area contributed by atoms with E-state index in [-0.39, 0.29) is 52.3 Å². The van der Waals surface area contributed by atoms with Gasteiger partial charge in [0.25, 0.3) is 5.56 Å². The maximum atomic E-state index is 14.0. The number of alkyl halides is 1. The van der Waals surface area contributed by atoms with Crippen LogP contribution in [0.25, 0.3) is 0 Å². The third-order valence-corrected chi connectivity index (χ3v) is 14.8. The monoisotopic (exact) mass is 741 g/mol. The van der Waals surface area contributed by atoms with Gasteiger partial charge in [0.1, 0.15) is 5.82 Å². The van der Waals surface area contributed by atoms with E-state index in [0.29, 0.717) is 31.4 Å². The molecule has 0 bridgehead atoms. The summed E-state index contributed by atoms with van der Waals surface area (Å²) in [6.45, 7) is 6.83. The summed E-state index contributed by atoms with van der Waals surface area (Å²) in [5.74, 6) is 0.919. The molecule has 3 heterocycles. The highest BCUT2D eigenvalue weighted by atomic mass is 35.5. The van der Waals surface area contributed by atoms with Gasteiger partial charge in [-0.2, -0.15) is 11.8 Å². The van der Waals surface area contributed by atoms with Gasteiger partial charge < -0.3 is 20.1 Å². The number of amides is 1. The van der Waals surface area contributed by atoms with Crippen molar-refractivity contribution in [1.82, 2.24) is 24.5 Å². The van der Waals surface area contributed by atoms with Crippen LogP contribution in [0.15, 0.2) is 4.79 Å². The van der Waals surface area contributed by atoms with Crippen molar-refractivity contribution < 1.29 is 23.1 Å². The molecule has 0 aromatic carbocycles. The zero-order chi connectivity index (χ0) is 35.2. The summed E-state index contributed by atoms with van der Waals surface area (Å²) in [5, 5.41) is 14.3. The van der Waals surface area contributed by atoms with Gasteiger partial charge >= 0.3 is 0 Å². The number of rotatable bonds is 9. The molecule has 2 saturated carbocycles. The quantitative estimate of drug-likeness (QED) is 0.324. The van der Waals surface area contributed by atoms with Crippen LogP contribution in [0.3, 0.4) is 0 Å². The number of likely N-dealkylation sites (N-methyl/N-ethyl adjacent to an activating group) is 1. The van der Waals surface area contributed by atoms with Crippen LogP contribution >= 0.6 is 23.4 Å². The van der Waals surface area contributed by atoms with Gasteiger partial charge in [-0.25, -0.2) is 13.4 Å². The lowest BCUT2D eigenvalue weighted by Gasteiger charge is -2.47. The lowest BCUT2D eigenvalue weighted by molar-refractivity contribution is -0.123. The number of hydrogen-bond acceptors (Lipinski definition) is 10. The number of piperidine rings is 1.